The van der Waals surface area contributed by atoms with E-state index in [-0.39, 0.29) is 16.3 Å². The fourth-order valence-electron chi connectivity index (χ4n) is 1.92. The van der Waals surface area contributed by atoms with Crippen molar-refractivity contribution in [3.05, 3.63) is 48.6 Å². The lowest BCUT2D eigenvalue weighted by molar-refractivity contribution is 0.321. The summed E-state index contributed by atoms with van der Waals surface area (Å²) in [6.07, 6.45) is 2.68. The Morgan fingerprint density at radius 2 is 1.88 bits per heavy atom. The predicted octanol–water partition coefficient (Wildman–Crippen LogP) is 2.35. The Morgan fingerprint density at radius 1 is 1.17 bits per heavy atom. The largest absolute Gasteiger partial charge is 0.337 e. The number of sulfonamides is 1. The number of para-hydroxylation sites is 1. The summed E-state index contributed by atoms with van der Waals surface area (Å²) >= 11 is 0. The fourth-order valence-corrected chi connectivity index (χ4v) is 2.78. The Bertz CT molecular complexity index is 939. The lowest BCUT2D eigenvalue weighted by Gasteiger charge is -2.10. The molecule has 0 saturated carbocycles. The third-order valence-corrected chi connectivity index (χ3v) is 4.47. The highest BCUT2D eigenvalue weighted by molar-refractivity contribution is 7.92. The van der Waals surface area contributed by atoms with E-state index in [0.717, 1.165) is 5.69 Å². The molecule has 0 atom stereocenters. The van der Waals surface area contributed by atoms with Crippen LogP contribution in [0.4, 0.5) is 5.95 Å². The van der Waals surface area contributed by atoms with E-state index in [1.165, 1.54) is 17.1 Å². The molecular formula is C15H17N5O3S. The molecule has 0 radical (unpaired) electrons. The second-order valence-electron chi connectivity index (χ2n) is 6.23. The van der Waals surface area contributed by atoms with E-state index in [9.17, 15) is 8.42 Å². The van der Waals surface area contributed by atoms with Gasteiger partial charge in [-0.25, -0.2) is 17.8 Å². The number of hydrogen-bond donors (Lipinski definition) is 1. The Kier molecular flexibility index (Phi) is 3.88. The molecule has 0 amide bonds. The van der Waals surface area contributed by atoms with E-state index in [2.05, 4.69) is 20.0 Å². The molecule has 1 aromatic carbocycles. The predicted molar refractivity (Wildman–Crippen MR) is 87.4 cm³/mol. The number of hydrogen-bond acceptors (Lipinski definition) is 6. The first-order valence-electron chi connectivity index (χ1n) is 7.23. The van der Waals surface area contributed by atoms with E-state index < -0.39 is 10.0 Å². The molecule has 24 heavy (non-hydrogen) atoms. The van der Waals surface area contributed by atoms with Gasteiger partial charge in [-0.05, 0) is 17.3 Å². The average Bonchev–Trinajstić information content (AvgIpc) is 3.16. The van der Waals surface area contributed by atoms with E-state index in [1.54, 1.807) is 0 Å². The van der Waals surface area contributed by atoms with Gasteiger partial charge in [0.15, 0.2) is 0 Å². The van der Waals surface area contributed by atoms with Gasteiger partial charge in [-0.3, -0.25) is 0 Å². The second kappa shape index (κ2) is 5.75. The summed E-state index contributed by atoms with van der Waals surface area (Å²) in [7, 11) is -3.85. The van der Waals surface area contributed by atoms with Crippen molar-refractivity contribution in [3.63, 3.8) is 0 Å². The van der Waals surface area contributed by atoms with Crippen molar-refractivity contribution >= 4 is 16.0 Å². The Labute approximate surface area is 139 Å². The highest BCUT2D eigenvalue weighted by Crippen LogP contribution is 2.22. The summed E-state index contributed by atoms with van der Waals surface area (Å²) in [5.74, 6) is 0.243. The average molecular weight is 347 g/mol. The third kappa shape index (κ3) is 3.30. The minimum absolute atomic E-state index is 0.00783. The van der Waals surface area contributed by atoms with Crippen molar-refractivity contribution in [1.29, 1.82) is 0 Å². The smallest absolute Gasteiger partial charge is 0.277 e. The van der Waals surface area contributed by atoms with Gasteiger partial charge in [-0.2, -0.15) is 10.1 Å². The van der Waals surface area contributed by atoms with Crippen LogP contribution in [0.25, 0.3) is 5.69 Å². The second-order valence-corrected chi connectivity index (χ2v) is 7.92. The van der Waals surface area contributed by atoms with Crippen LogP contribution in [0.2, 0.25) is 0 Å². The van der Waals surface area contributed by atoms with Crippen LogP contribution < -0.4 is 4.72 Å². The molecule has 2 heterocycles. The SMILES string of the molecule is CC(C)(C)c1nc(NS(=O)(=O)c2cnn(-c3ccccc3)c2)no1. The van der Waals surface area contributed by atoms with Crippen LogP contribution in [0.1, 0.15) is 26.7 Å². The molecule has 3 rings (SSSR count). The normalized spacial score (nSPS) is 12.3. The lowest BCUT2D eigenvalue weighted by atomic mass is 9.97. The van der Waals surface area contributed by atoms with Crippen molar-refractivity contribution in [2.75, 3.05) is 4.72 Å². The minimum atomic E-state index is -3.85. The third-order valence-electron chi connectivity index (χ3n) is 3.18. The highest BCUT2D eigenvalue weighted by Gasteiger charge is 2.24. The molecule has 2 aromatic heterocycles. The summed E-state index contributed by atoms with van der Waals surface area (Å²) < 4.78 is 33.7. The molecule has 0 unspecified atom stereocenters. The summed E-state index contributed by atoms with van der Waals surface area (Å²) in [6, 6.07) is 9.21. The number of anilines is 1. The standard InChI is InChI=1S/C15H17N5O3S/c1-15(2,3)13-17-14(18-23-13)19-24(21,22)12-9-16-20(10-12)11-7-5-4-6-8-11/h4-10H,1-3H3,(H,18,19). The van der Waals surface area contributed by atoms with Crippen LogP contribution in [-0.2, 0) is 15.4 Å². The molecule has 1 N–H and O–H groups in total. The van der Waals surface area contributed by atoms with E-state index >= 15 is 0 Å². The van der Waals surface area contributed by atoms with Crippen molar-refractivity contribution in [2.24, 2.45) is 0 Å². The van der Waals surface area contributed by atoms with Gasteiger partial charge in [0.25, 0.3) is 16.0 Å². The molecular weight excluding hydrogens is 330 g/mol. The van der Waals surface area contributed by atoms with Crippen LogP contribution in [0.15, 0.2) is 52.1 Å². The molecule has 0 aliphatic carbocycles. The summed E-state index contributed by atoms with van der Waals surface area (Å²) in [5, 5.41) is 7.73. The number of benzene rings is 1. The van der Waals surface area contributed by atoms with Crippen molar-refractivity contribution in [3.8, 4) is 5.69 Å². The van der Waals surface area contributed by atoms with Crippen molar-refractivity contribution < 1.29 is 12.9 Å². The minimum Gasteiger partial charge on any atom is -0.337 e. The molecule has 9 heteroatoms. The topological polar surface area (TPSA) is 103 Å². The van der Waals surface area contributed by atoms with Gasteiger partial charge >= 0.3 is 0 Å². The molecule has 126 valence electrons. The maximum absolute atomic E-state index is 12.4. The molecule has 3 aromatic rings. The summed E-state index contributed by atoms with van der Waals surface area (Å²) in [5.41, 5.74) is 0.392. The van der Waals surface area contributed by atoms with Crippen LogP contribution >= 0.6 is 0 Å². The molecule has 0 aliphatic rings. The molecule has 0 aliphatic heterocycles. The summed E-state index contributed by atoms with van der Waals surface area (Å²) in [4.78, 5) is 4.07. The van der Waals surface area contributed by atoms with Gasteiger partial charge in [-0.15, -0.1) is 0 Å². The Morgan fingerprint density at radius 3 is 2.50 bits per heavy atom. The van der Waals surface area contributed by atoms with Crippen LogP contribution in [-0.4, -0.2) is 28.3 Å². The van der Waals surface area contributed by atoms with E-state index in [0.29, 0.717) is 5.89 Å². The van der Waals surface area contributed by atoms with Gasteiger partial charge in [0.05, 0.1) is 18.1 Å². The molecule has 8 nitrogen and oxygen atoms in total. The number of rotatable bonds is 4. The Balaban J connectivity index is 1.84. The molecule has 0 saturated heterocycles. The maximum Gasteiger partial charge on any atom is 0.277 e. The van der Waals surface area contributed by atoms with Gasteiger partial charge in [0, 0.05) is 5.41 Å². The number of nitrogens with one attached hydrogen (secondary N) is 1. The molecule has 0 fully saturated rings. The highest BCUT2D eigenvalue weighted by atomic mass is 32.2. The van der Waals surface area contributed by atoms with E-state index in [1.807, 2.05) is 51.1 Å². The quantitative estimate of drug-likeness (QED) is 0.777. The lowest BCUT2D eigenvalue weighted by Crippen LogP contribution is -2.15. The Hall–Kier alpha value is -2.68. The molecule has 0 spiro atoms. The zero-order chi connectivity index (χ0) is 17.4. The van der Waals surface area contributed by atoms with Crippen molar-refractivity contribution in [2.45, 2.75) is 31.1 Å². The van der Waals surface area contributed by atoms with Crippen LogP contribution in [0.3, 0.4) is 0 Å². The summed E-state index contributed by atoms with van der Waals surface area (Å²) in [6.45, 7) is 5.67. The van der Waals surface area contributed by atoms with Gasteiger partial charge < -0.3 is 4.52 Å². The zero-order valence-corrected chi connectivity index (χ0v) is 14.3. The molecule has 0 bridgehead atoms. The van der Waals surface area contributed by atoms with E-state index in [4.69, 9.17) is 4.52 Å². The van der Waals surface area contributed by atoms with Gasteiger partial charge in [0.1, 0.15) is 4.90 Å². The first-order chi connectivity index (χ1) is 11.3. The van der Waals surface area contributed by atoms with Crippen molar-refractivity contribution in [1.82, 2.24) is 19.9 Å². The maximum atomic E-state index is 12.4. The first-order valence-corrected chi connectivity index (χ1v) is 8.71. The monoisotopic (exact) mass is 347 g/mol. The van der Waals surface area contributed by atoms with Crippen LogP contribution in [0.5, 0.6) is 0 Å². The zero-order valence-electron chi connectivity index (χ0n) is 13.5. The number of aromatic nitrogens is 4. The van der Waals surface area contributed by atoms with Crippen LogP contribution in [0, 0.1) is 0 Å². The van der Waals surface area contributed by atoms with Gasteiger partial charge in [-0.1, -0.05) is 39.0 Å². The van der Waals surface area contributed by atoms with Gasteiger partial charge in [0.2, 0.25) is 5.89 Å². The first kappa shape index (κ1) is 16.2. The number of nitrogens with zero attached hydrogens (tertiary/aromatic N) is 4. The fraction of sp³-hybridized carbons (Fsp3) is 0.267.